The number of anilines is 1. The molecular weight excluding hydrogens is 256 g/mol. The van der Waals surface area contributed by atoms with Gasteiger partial charge in [0.15, 0.2) is 5.75 Å². The molecule has 102 valence electrons. The normalized spacial score (nSPS) is 13.5. The molecule has 1 aromatic heterocycles. The van der Waals surface area contributed by atoms with Gasteiger partial charge in [-0.05, 0) is 24.3 Å². The minimum Gasteiger partial charge on any atom is -0.489 e. The quantitative estimate of drug-likeness (QED) is 0.926. The molecule has 20 heavy (non-hydrogen) atoms. The Kier molecular flexibility index (Phi) is 3.25. The molecule has 0 atom stereocenters. The standard InChI is InChI=1S/C15H14N2O3/c18-15(19)12-5-3-6-13-14(12)20-9-8-17(13)10-11-4-1-2-7-16-11/h1-7H,8-10H2,(H,18,19). The third-order valence-electron chi connectivity index (χ3n) is 3.25. The number of rotatable bonds is 3. The topological polar surface area (TPSA) is 62.7 Å². The van der Waals surface area contributed by atoms with Crippen molar-refractivity contribution in [3.8, 4) is 5.75 Å². The minimum absolute atomic E-state index is 0.202. The van der Waals surface area contributed by atoms with E-state index in [1.807, 2.05) is 24.3 Å². The molecule has 0 spiro atoms. The van der Waals surface area contributed by atoms with E-state index >= 15 is 0 Å². The Morgan fingerprint density at radius 1 is 1.30 bits per heavy atom. The van der Waals surface area contributed by atoms with E-state index in [1.165, 1.54) is 0 Å². The number of ether oxygens (including phenoxy) is 1. The molecule has 0 fully saturated rings. The molecule has 1 aliphatic heterocycles. The number of fused-ring (bicyclic) bond motifs is 1. The van der Waals surface area contributed by atoms with E-state index in [4.69, 9.17) is 4.74 Å². The molecule has 2 aromatic rings. The van der Waals surface area contributed by atoms with Gasteiger partial charge in [0.2, 0.25) is 0 Å². The summed E-state index contributed by atoms with van der Waals surface area (Å²) in [5, 5.41) is 9.21. The largest absolute Gasteiger partial charge is 0.489 e. The Morgan fingerprint density at radius 2 is 2.20 bits per heavy atom. The predicted octanol–water partition coefficient (Wildman–Crippen LogP) is 2.18. The number of para-hydroxylation sites is 1. The summed E-state index contributed by atoms with van der Waals surface area (Å²) in [6.07, 6.45) is 1.75. The zero-order valence-corrected chi connectivity index (χ0v) is 10.8. The van der Waals surface area contributed by atoms with Crippen molar-refractivity contribution >= 4 is 11.7 Å². The highest BCUT2D eigenvalue weighted by Gasteiger charge is 2.23. The van der Waals surface area contributed by atoms with Crippen LogP contribution < -0.4 is 9.64 Å². The Bertz CT molecular complexity index is 628. The molecule has 0 radical (unpaired) electrons. The molecule has 0 unspecified atom stereocenters. The first-order valence-electron chi connectivity index (χ1n) is 6.39. The smallest absolute Gasteiger partial charge is 0.339 e. The average Bonchev–Trinajstić information content (AvgIpc) is 2.48. The highest BCUT2D eigenvalue weighted by Crippen LogP contribution is 2.35. The fraction of sp³-hybridized carbons (Fsp3) is 0.200. The van der Waals surface area contributed by atoms with Crippen LogP contribution in [-0.4, -0.2) is 29.2 Å². The second-order valence-corrected chi connectivity index (χ2v) is 4.55. The van der Waals surface area contributed by atoms with Crippen molar-refractivity contribution in [1.82, 2.24) is 4.98 Å². The average molecular weight is 270 g/mol. The molecule has 1 aromatic carbocycles. The van der Waals surface area contributed by atoms with Crippen molar-refractivity contribution in [3.05, 3.63) is 53.9 Å². The van der Waals surface area contributed by atoms with Crippen LogP contribution in [0.5, 0.6) is 5.75 Å². The Hall–Kier alpha value is -2.56. The van der Waals surface area contributed by atoms with Crippen LogP contribution in [0.3, 0.4) is 0 Å². The van der Waals surface area contributed by atoms with Crippen LogP contribution in [0.4, 0.5) is 5.69 Å². The van der Waals surface area contributed by atoms with Crippen LogP contribution in [-0.2, 0) is 6.54 Å². The second kappa shape index (κ2) is 5.21. The number of aromatic carboxylic acids is 1. The molecule has 1 aliphatic rings. The minimum atomic E-state index is -0.971. The number of aromatic nitrogens is 1. The summed E-state index contributed by atoms with van der Waals surface area (Å²) in [5.41, 5.74) is 1.95. The van der Waals surface area contributed by atoms with Gasteiger partial charge in [-0.3, -0.25) is 4.98 Å². The predicted molar refractivity (Wildman–Crippen MR) is 74.2 cm³/mol. The highest BCUT2D eigenvalue weighted by molar-refractivity contribution is 5.93. The maximum atomic E-state index is 11.2. The van der Waals surface area contributed by atoms with E-state index in [-0.39, 0.29) is 5.56 Å². The maximum absolute atomic E-state index is 11.2. The van der Waals surface area contributed by atoms with Crippen LogP contribution in [0.15, 0.2) is 42.6 Å². The van der Waals surface area contributed by atoms with Gasteiger partial charge in [0.1, 0.15) is 12.2 Å². The van der Waals surface area contributed by atoms with Gasteiger partial charge in [0.25, 0.3) is 0 Å². The molecule has 1 N–H and O–H groups in total. The van der Waals surface area contributed by atoms with Gasteiger partial charge in [-0.15, -0.1) is 0 Å². The molecule has 2 heterocycles. The monoisotopic (exact) mass is 270 g/mol. The van der Waals surface area contributed by atoms with Crippen molar-refractivity contribution in [1.29, 1.82) is 0 Å². The summed E-state index contributed by atoms with van der Waals surface area (Å²) >= 11 is 0. The maximum Gasteiger partial charge on any atom is 0.339 e. The first kappa shape index (κ1) is 12.5. The van der Waals surface area contributed by atoms with Gasteiger partial charge >= 0.3 is 5.97 Å². The second-order valence-electron chi connectivity index (χ2n) is 4.55. The van der Waals surface area contributed by atoms with E-state index in [0.29, 0.717) is 25.4 Å². The lowest BCUT2D eigenvalue weighted by Crippen LogP contribution is -2.33. The van der Waals surface area contributed by atoms with Crippen LogP contribution in [0.25, 0.3) is 0 Å². The summed E-state index contributed by atoms with van der Waals surface area (Å²) in [5.74, 6) is -0.524. The van der Waals surface area contributed by atoms with Gasteiger partial charge < -0.3 is 14.7 Å². The van der Waals surface area contributed by atoms with Crippen LogP contribution in [0, 0.1) is 0 Å². The number of pyridine rings is 1. The summed E-state index contributed by atoms with van der Waals surface area (Å²) in [7, 11) is 0. The molecule has 0 saturated carbocycles. The fourth-order valence-corrected chi connectivity index (χ4v) is 2.32. The lowest BCUT2D eigenvalue weighted by Gasteiger charge is -2.31. The van der Waals surface area contributed by atoms with E-state index in [2.05, 4.69) is 9.88 Å². The van der Waals surface area contributed by atoms with Crippen molar-refractivity contribution in [3.63, 3.8) is 0 Å². The Morgan fingerprint density at radius 3 is 2.95 bits per heavy atom. The zero-order chi connectivity index (χ0) is 13.9. The Balaban J connectivity index is 1.94. The number of carboxylic acids is 1. The fourth-order valence-electron chi connectivity index (χ4n) is 2.32. The zero-order valence-electron chi connectivity index (χ0n) is 10.8. The molecule has 5 heteroatoms. The molecule has 0 bridgehead atoms. The summed E-state index contributed by atoms with van der Waals surface area (Å²) in [4.78, 5) is 17.6. The third-order valence-corrected chi connectivity index (χ3v) is 3.25. The molecule has 0 amide bonds. The molecule has 0 saturated heterocycles. The number of hydrogen-bond acceptors (Lipinski definition) is 4. The summed E-state index contributed by atoms with van der Waals surface area (Å²) in [6.45, 7) is 1.83. The lowest BCUT2D eigenvalue weighted by molar-refractivity contribution is 0.0692. The van der Waals surface area contributed by atoms with Gasteiger partial charge in [-0.1, -0.05) is 12.1 Å². The molecule has 3 rings (SSSR count). The lowest BCUT2D eigenvalue weighted by atomic mass is 10.1. The highest BCUT2D eigenvalue weighted by atomic mass is 16.5. The number of carboxylic acid groups (broad SMARTS) is 1. The van der Waals surface area contributed by atoms with E-state index in [0.717, 1.165) is 11.4 Å². The van der Waals surface area contributed by atoms with Crippen molar-refractivity contribution < 1.29 is 14.6 Å². The van der Waals surface area contributed by atoms with Gasteiger partial charge in [-0.2, -0.15) is 0 Å². The van der Waals surface area contributed by atoms with E-state index in [9.17, 15) is 9.90 Å². The van der Waals surface area contributed by atoms with Crippen LogP contribution >= 0.6 is 0 Å². The number of benzene rings is 1. The molecule has 0 aliphatic carbocycles. The third kappa shape index (κ3) is 2.30. The van der Waals surface area contributed by atoms with Gasteiger partial charge in [-0.25, -0.2) is 4.79 Å². The first-order chi connectivity index (χ1) is 9.75. The van der Waals surface area contributed by atoms with Gasteiger partial charge in [0, 0.05) is 6.20 Å². The SMILES string of the molecule is O=C(O)c1cccc2c1OCCN2Cc1ccccn1. The first-order valence-corrected chi connectivity index (χ1v) is 6.39. The summed E-state index contributed by atoms with van der Waals surface area (Å²) < 4.78 is 5.54. The number of hydrogen-bond donors (Lipinski definition) is 1. The molecular formula is C15H14N2O3. The van der Waals surface area contributed by atoms with Crippen molar-refractivity contribution in [2.24, 2.45) is 0 Å². The number of carbonyl (C=O) groups is 1. The van der Waals surface area contributed by atoms with Gasteiger partial charge in [0.05, 0.1) is 24.5 Å². The van der Waals surface area contributed by atoms with E-state index in [1.54, 1.807) is 18.3 Å². The van der Waals surface area contributed by atoms with Crippen LogP contribution in [0.1, 0.15) is 16.1 Å². The molecule has 5 nitrogen and oxygen atoms in total. The number of nitrogens with zero attached hydrogens (tertiary/aromatic N) is 2. The Labute approximate surface area is 116 Å². The van der Waals surface area contributed by atoms with Crippen molar-refractivity contribution in [2.45, 2.75) is 6.54 Å². The summed E-state index contributed by atoms with van der Waals surface area (Å²) in [6, 6.07) is 10.9. The van der Waals surface area contributed by atoms with Crippen LogP contribution in [0.2, 0.25) is 0 Å². The van der Waals surface area contributed by atoms with Crippen molar-refractivity contribution in [2.75, 3.05) is 18.1 Å². The van der Waals surface area contributed by atoms with E-state index < -0.39 is 5.97 Å².